The van der Waals surface area contributed by atoms with Crippen molar-refractivity contribution in [2.75, 3.05) is 0 Å². The molecule has 1 saturated carbocycles. The number of hydrogen-bond acceptors (Lipinski definition) is 1. The van der Waals surface area contributed by atoms with Gasteiger partial charge in [0.05, 0.1) is 5.92 Å². The zero-order valence-corrected chi connectivity index (χ0v) is 7.57. The fourth-order valence-electron chi connectivity index (χ4n) is 2.26. The lowest BCUT2D eigenvalue weighted by Crippen LogP contribution is -2.23. The van der Waals surface area contributed by atoms with Crippen LogP contribution >= 0.6 is 0 Å². The third kappa shape index (κ3) is 1.67. The maximum absolute atomic E-state index is 10.8. The topological polar surface area (TPSA) is 37.3 Å². The van der Waals surface area contributed by atoms with Crippen LogP contribution in [0.15, 0.2) is 23.8 Å². The van der Waals surface area contributed by atoms with Gasteiger partial charge in [0.1, 0.15) is 0 Å². The number of aliphatic carboxylic acids is 1. The molecule has 1 N–H and O–H groups in total. The lowest BCUT2D eigenvalue weighted by Gasteiger charge is -2.30. The lowest BCUT2D eigenvalue weighted by molar-refractivity contribution is -0.142. The van der Waals surface area contributed by atoms with Crippen molar-refractivity contribution in [3.63, 3.8) is 0 Å². The fraction of sp³-hybridized carbons (Fsp3) is 0.545. The summed E-state index contributed by atoms with van der Waals surface area (Å²) in [6.07, 6.45) is 10.1. The molecule has 0 aliphatic heterocycles. The van der Waals surface area contributed by atoms with E-state index >= 15 is 0 Å². The summed E-state index contributed by atoms with van der Waals surface area (Å²) < 4.78 is 0. The first-order valence-corrected chi connectivity index (χ1v) is 4.86. The van der Waals surface area contributed by atoms with E-state index in [0.29, 0.717) is 5.92 Å². The molecule has 13 heavy (non-hydrogen) atoms. The standard InChI is InChI=1S/C11H14O2/c12-11(13)10-6-5-8-3-1-2-4-9(8)7-10/h1-2,4,8,10H,3,5-7H2,(H,12,13). The molecule has 0 aromatic heterocycles. The number of carbonyl (C=O) groups is 1. The van der Waals surface area contributed by atoms with Gasteiger partial charge in [0.25, 0.3) is 0 Å². The van der Waals surface area contributed by atoms with Crippen molar-refractivity contribution in [1.29, 1.82) is 0 Å². The molecule has 70 valence electrons. The van der Waals surface area contributed by atoms with Crippen LogP contribution in [0.1, 0.15) is 25.7 Å². The Morgan fingerprint density at radius 2 is 2.31 bits per heavy atom. The number of carboxylic acid groups (broad SMARTS) is 1. The Hall–Kier alpha value is -1.05. The van der Waals surface area contributed by atoms with Gasteiger partial charge in [-0.15, -0.1) is 0 Å². The largest absolute Gasteiger partial charge is 0.481 e. The fourth-order valence-corrected chi connectivity index (χ4v) is 2.26. The second-order valence-electron chi connectivity index (χ2n) is 3.92. The molecule has 2 unspecified atom stereocenters. The van der Waals surface area contributed by atoms with Crippen molar-refractivity contribution in [2.24, 2.45) is 11.8 Å². The SMILES string of the molecule is O=C(O)C1CCC2CC=CC=C2C1. The van der Waals surface area contributed by atoms with Gasteiger partial charge in [-0.05, 0) is 31.6 Å². The zero-order valence-electron chi connectivity index (χ0n) is 7.57. The molecule has 0 aromatic rings. The molecule has 0 saturated heterocycles. The summed E-state index contributed by atoms with van der Waals surface area (Å²) in [5.74, 6) is -0.122. The molecule has 0 aromatic carbocycles. The van der Waals surface area contributed by atoms with Gasteiger partial charge in [0, 0.05) is 0 Å². The Balaban J connectivity index is 2.09. The first-order chi connectivity index (χ1) is 6.27. The Labute approximate surface area is 78.0 Å². The predicted molar refractivity (Wildman–Crippen MR) is 50.3 cm³/mol. The van der Waals surface area contributed by atoms with Gasteiger partial charge in [-0.3, -0.25) is 4.79 Å². The van der Waals surface area contributed by atoms with Crippen molar-refractivity contribution in [3.8, 4) is 0 Å². The van der Waals surface area contributed by atoms with Crippen LogP contribution in [0.3, 0.4) is 0 Å². The van der Waals surface area contributed by atoms with Gasteiger partial charge in [-0.2, -0.15) is 0 Å². The maximum atomic E-state index is 10.8. The quantitative estimate of drug-likeness (QED) is 0.669. The summed E-state index contributed by atoms with van der Waals surface area (Å²) in [6, 6.07) is 0. The van der Waals surface area contributed by atoms with E-state index in [4.69, 9.17) is 5.11 Å². The van der Waals surface area contributed by atoms with Crippen molar-refractivity contribution in [2.45, 2.75) is 25.7 Å². The molecule has 0 spiro atoms. The second-order valence-corrected chi connectivity index (χ2v) is 3.92. The molecule has 0 bridgehead atoms. The van der Waals surface area contributed by atoms with Gasteiger partial charge < -0.3 is 5.11 Å². The Bertz CT molecular complexity index is 276. The van der Waals surface area contributed by atoms with Gasteiger partial charge in [-0.25, -0.2) is 0 Å². The molecule has 1 fully saturated rings. The minimum Gasteiger partial charge on any atom is -0.481 e. The van der Waals surface area contributed by atoms with Crippen LogP contribution in [0.5, 0.6) is 0 Å². The Kier molecular flexibility index (Phi) is 2.21. The summed E-state index contributed by atoms with van der Waals surface area (Å²) >= 11 is 0. The van der Waals surface area contributed by atoms with Gasteiger partial charge in [-0.1, -0.05) is 23.8 Å². The average molecular weight is 178 g/mol. The van der Waals surface area contributed by atoms with E-state index in [0.717, 1.165) is 25.7 Å². The van der Waals surface area contributed by atoms with Gasteiger partial charge in [0.2, 0.25) is 0 Å². The number of allylic oxidation sites excluding steroid dienone is 4. The van der Waals surface area contributed by atoms with Crippen LogP contribution in [0.4, 0.5) is 0 Å². The number of fused-ring (bicyclic) bond motifs is 1. The van der Waals surface area contributed by atoms with Crippen molar-refractivity contribution in [1.82, 2.24) is 0 Å². The van der Waals surface area contributed by atoms with Gasteiger partial charge >= 0.3 is 5.97 Å². The molecule has 0 heterocycles. The highest BCUT2D eigenvalue weighted by molar-refractivity contribution is 5.70. The number of carboxylic acids is 1. The van der Waals surface area contributed by atoms with Crippen LogP contribution in [-0.2, 0) is 4.79 Å². The Morgan fingerprint density at radius 3 is 3.08 bits per heavy atom. The average Bonchev–Trinajstić information content (AvgIpc) is 2.17. The van der Waals surface area contributed by atoms with E-state index in [1.165, 1.54) is 5.57 Å². The summed E-state index contributed by atoms with van der Waals surface area (Å²) in [4.78, 5) is 10.8. The molecule has 2 rings (SSSR count). The highest BCUT2D eigenvalue weighted by atomic mass is 16.4. The summed E-state index contributed by atoms with van der Waals surface area (Å²) in [5, 5.41) is 8.88. The first-order valence-electron chi connectivity index (χ1n) is 4.86. The van der Waals surface area contributed by atoms with E-state index in [-0.39, 0.29) is 5.92 Å². The van der Waals surface area contributed by atoms with Crippen LogP contribution in [-0.4, -0.2) is 11.1 Å². The second kappa shape index (κ2) is 3.36. The molecule has 2 heteroatoms. The minimum absolute atomic E-state index is 0.131. The Morgan fingerprint density at radius 1 is 1.46 bits per heavy atom. The zero-order chi connectivity index (χ0) is 9.26. The van der Waals surface area contributed by atoms with Crippen LogP contribution < -0.4 is 0 Å². The van der Waals surface area contributed by atoms with Crippen LogP contribution in [0.2, 0.25) is 0 Å². The molecular formula is C11H14O2. The third-order valence-corrected chi connectivity index (χ3v) is 3.09. The number of hydrogen-bond donors (Lipinski definition) is 1. The van der Waals surface area contributed by atoms with Crippen LogP contribution in [0.25, 0.3) is 0 Å². The van der Waals surface area contributed by atoms with E-state index in [2.05, 4.69) is 18.2 Å². The van der Waals surface area contributed by atoms with Crippen molar-refractivity contribution < 1.29 is 9.90 Å². The predicted octanol–water partition coefficient (Wildman–Crippen LogP) is 2.37. The van der Waals surface area contributed by atoms with Crippen molar-refractivity contribution >= 4 is 5.97 Å². The molecule has 2 atom stereocenters. The molecule has 0 amide bonds. The summed E-state index contributed by atoms with van der Waals surface area (Å²) in [6.45, 7) is 0. The monoisotopic (exact) mass is 178 g/mol. The summed E-state index contributed by atoms with van der Waals surface area (Å²) in [7, 11) is 0. The van der Waals surface area contributed by atoms with Crippen LogP contribution in [0, 0.1) is 11.8 Å². The van der Waals surface area contributed by atoms with Gasteiger partial charge in [0.15, 0.2) is 0 Å². The highest BCUT2D eigenvalue weighted by Gasteiger charge is 2.29. The smallest absolute Gasteiger partial charge is 0.306 e. The molecular weight excluding hydrogens is 164 g/mol. The molecule has 2 aliphatic rings. The molecule has 2 aliphatic carbocycles. The minimum atomic E-state index is -0.631. The van der Waals surface area contributed by atoms with E-state index in [1.54, 1.807) is 0 Å². The summed E-state index contributed by atoms with van der Waals surface area (Å²) in [5.41, 5.74) is 1.35. The maximum Gasteiger partial charge on any atom is 0.306 e. The highest BCUT2D eigenvalue weighted by Crippen LogP contribution is 2.37. The normalized spacial score (nSPS) is 32.2. The number of rotatable bonds is 1. The first kappa shape index (κ1) is 8.54. The van der Waals surface area contributed by atoms with E-state index < -0.39 is 5.97 Å². The van der Waals surface area contributed by atoms with Crippen molar-refractivity contribution in [3.05, 3.63) is 23.8 Å². The molecule has 2 nitrogen and oxygen atoms in total. The molecule has 0 radical (unpaired) electrons. The van der Waals surface area contributed by atoms with E-state index in [9.17, 15) is 4.79 Å². The third-order valence-electron chi connectivity index (χ3n) is 3.09. The lowest BCUT2D eigenvalue weighted by atomic mass is 9.75. The van der Waals surface area contributed by atoms with E-state index in [1.807, 2.05) is 0 Å².